The van der Waals surface area contributed by atoms with E-state index in [2.05, 4.69) is 43.1 Å². The third kappa shape index (κ3) is 4.25. The molecule has 0 aromatic carbocycles. The molecule has 1 heterocycles. The fraction of sp³-hybridized carbons (Fsp3) is 0.739. The van der Waals surface area contributed by atoms with Crippen molar-refractivity contribution in [2.45, 2.75) is 77.5 Å². The molecule has 156 valence electrons. The van der Waals surface area contributed by atoms with Crippen LogP contribution in [-0.4, -0.2) is 46.6 Å². The molecule has 1 aromatic heterocycles. The second-order valence-corrected chi connectivity index (χ2v) is 10.3. The summed E-state index contributed by atoms with van der Waals surface area (Å²) in [5.41, 5.74) is 0.704. The fourth-order valence-corrected chi connectivity index (χ4v) is 6.02. The van der Waals surface area contributed by atoms with E-state index in [9.17, 15) is 9.90 Å². The van der Waals surface area contributed by atoms with Crippen LogP contribution in [0.3, 0.4) is 0 Å². The summed E-state index contributed by atoms with van der Waals surface area (Å²) in [7, 11) is 4.33. The molecule has 2 aliphatic rings. The van der Waals surface area contributed by atoms with Crippen LogP contribution in [0.25, 0.3) is 0 Å². The SMILES string of the molecule is CN(C)C1CC(C)(C)C2CC(C)(O)CCC12CCC(=O)NCc1cccnc1. The summed E-state index contributed by atoms with van der Waals surface area (Å²) in [5, 5.41) is 13.8. The van der Waals surface area contributed by atoms with Gasteiger partial charge in [0.05, 0.1) is 5.60 Å². The quantitative estimate of drug-likeness (QED) is 0.785. The van der Waals surface area contributed by atoms with Crippen LogP contribution in [0, 0.1) is 16.7 Å². The molecule has 0 aliphatic heterocycles. The van der Waals surface area contributed by atoms with Crippen LogP contribution in [0.1, 0.15) is 64.9 Å². The fourth-order valence-electron chi connectivity index (χ4n) is 6.02. The van der Waals surface area contributed by atoms with Gasteiger partial charge in [-0.15, -0.1) is 0 Å². The normalized spacial score (nSPS) is 34.2. The van der Waals surface area contributed by atoms with E-state index in [1.54, 1.807) is 12.4 Å². The van der Waals surface area contributed by atoms with Crippen LogP contribution in [0.5, 0.6) is 0 Å². The molecule has 5 heteroatoms. The second-order valence-electron chi connectivity index (χ2n) is 10.3. The lowest BCUT2D eigenvalue weighted by Crippen LogP contribution is -2.51. The van der Waals surface area contributed by atoms with E-state index < -0.39 is 5.60 Å². The summed E-state index contributed by atoms with van der Waals surface area (Å²) in [6.07, 6.45) is 8.73. The number of rotatable bonds is 6. The zero-order valence-electron chi connectivity index (χ0n) is 18.2. The first kappa shape index (κ1) is 21.3. The van der Waals surface area contributed by atoms with Crippen LogP contribution in [0.2, 0.25) is 0 Å². The van der Waals surface area contributed by atoms with Gasteiger partial charge in [0, 0.05) is 31.4 Å². The summed E-state index contributed by atoms with van der Waals surface area (Å²) in [6, 6.07) is 4.32. The maximum Gasteiger partial charge on any atom is 0.220 e. The van der Waals surface area contributed by atoms with Crippen molar-refractivity contribution in [1.82, 2.24) is 15.2 Å². The van der Waals surface area contributed by atoms with Crippen LogP contribution >= 0.6 is 0 Å². The van der Waals surface area contributed by atoms with Crippen LogP contribution in [-0.2, 0) is 11.3 Å². The molecular weight excluding hydrogens is 350 g/mol. The smallest absolute Gasteiger partial charge is 0.220 e. The zero-order valence-corrected chi connectivity index (χ0v) is 18.2. The largest absolute Gasteiger partial charge is 0.390 e. The number of carbonyl (C=O) groups is 1. The van der Waals surface area contributed by atoms with Gasteiger partial charge in [-0.05, 0) is 81.5 Å². The molecule has 1 amide bonds. The van der Waals surface area contributed by atoms with Gasteiger partial charge in [-0.25, -0.2) is 0 Å². The minimum Gasteiger partial charge on any atom is -0.390 e. The molecule has 2 saturated carbocycles. The Hall–Kier alpha value is -1.46. The van der Waals surface area contributed by atoms with E-state index >= 15 is 0 Å². The summed E-state index contributed by atoms with van der Waals surface area (Å²) in [5.74, 6) is 0.541. The van der Waals surface area contributed by atoms with E-state index in [-0.39, 0.29) is 16.7 Å². The topological polar surface area (TPSA) is 65.5 Å². The Labute approximate surface area is 169 Å². The van der Waals surface area contributed by atoms with Crippen molar-refractivity contribution in [3.05, 3.63) is 30.1 Å². The van der Waals surface area contributed by atoms with Gasteiger partial charge in [-0.3, -0.25) is 9.78 Å². The van der Waals surface area contributed by atoms with Crippen molar-refractivity contribution in [2.75, 3.05) is 14.1 Å². The van der Waals surface area contributed by atoms with Gasteiger partial charge in [-0.2, -0.15) is 0 Å². The number of nitrogens with zero attached hydrogens (tertiary/aromatic N) is 2. The van der Waals surface area contributed by atoms with E-state index in [4.69, 9.17) is 0 Å². The van der Waals surface area contributed by atoms with E-state index in [0.717, 1.165) is 37.7 Å². The summed E-state index contributed by atoms with van der Waals surface area (Å²) in [6.45, 7) is 7.20. The first-order valence-electron chi connectivity index (χ1n) is 10.6. The number of carbonyl (C=O) groups excluding carboxylic acids is 1. The van der Waals surface area contributed by atoms with Gasteiger partial charge < -0.3 is 15.3 Å². The third-order valence-corrected chi connectivity index (χ3v) is 7.45. The molecule has 2 fully saturated rings. The van der Waals surface area contributed by atoms with Gasteiger partial charge >= 0.3 is 0 Å². The molecule has 3 rings (SSSR count). The number of fused-ring (bicyclic) bond motifs is 1. The van der Waals surface area contributed by atoms with Gasteiger partial charge in [0.2, 0.25) is 5.91 Å². The van der Waals surface area contributed by atoms with Crippen LogP contribution in [0.15, 0.2) is 24.5 Å². The van der Waals surface area contributed by atoms with Crippen LogP contribution < -0.4 is 5.32 Å². The number of pyridine rings is 1. The Morgan fingerprint density at radius 1 is 1.29 bits per heavy atom. The molecule has 2 N–H and O–H groups in total. The van der Waals surface area contributed by atoms with Crippen LogP contribution in [0.4, 0.5) is 0 Å². The molecular formula is C23H37N3O2. The minimum absolute atomic E-state index is 0.0981. The number of hydrogen-bond donors (Lipinski definition) is 2. The Morgan fingerprint density at radius 2 is 2.04 bits per heavy atom. The van der Waals surface area contributed by atoms with E-state index in [0.29, 0.717) is 24.9 Å². The summed E-state index contributed by atoms with van der Waals surface area (Å²) >= 11 is 0. The number of nitrogens with one attached hydrogen (secondary N) is 1. The van der Waals surface area contributed by atoms with E-state index in [1.165, 1.54) is 0 Å². The first-order chi connectivity index (χ1) is 13.1. The van der Waals surface area contributed by atoms with Gasteiger partial charge in [0.25, 0.3) is 0 Å². The van der Waals surface area contributed by atoms with Crippen molar-refractivity contribution in [3.63, 3.8) is 0 Å². The molecule has 0 spiro atoms. The molecule has 5 nitrogen and oxygen atoms in total. The maximum atomic E-state index is 12.6. The Balaban J connectivity index is 1.71. The summed E-state index contributed by atoms with van der Waals surface area (Å²) in [4.78, 5) is 19.1. The highest BCUT2D eigenvalue weighted by Gasteiger charge is 2.61. The third-order valence-electron chi connectivity index (χ3n) is 7.45. The lowest BCUT2D eigenvalue weighted by molar-refractivity contribution is -0.124. The zero-order chi connectivity index (χ0) is 20.6. The Bertz CT molecular complexity index is 686. The maximum absolute atomic E-state index is 12.6. The standard InChI is InChI=1S/C23H37N3O2/c1-21(2)14-19(26(4)5)23(11-10-22(3,28)13-18(21)23)9-8-20(27)25-16-17-7-6-12-24-15-17/h6-7,12,15,18-19,28H,8-11,13-14,16H2,1-5H3,(H,25,27). The average molecular weight is 388 g/mol. The highest BCUT2D eigenvalue weighted by molar-refractivity contribution is 5.75. The molecule has 28 heavy (non-hydrogen) atoms. The highest BCUT2D eigenvalue weighted by Crippen LogP contribution is 2.64. The lowest BCUT2D eigenvalue weighted by atomic mass is 9.57. The summed E-state index contributed by atoms with van der Waals surface area (Å²) < 4.78 is 0. The number of amides is 1. The molecule has 0 bridgehead atoms. The molecule has 1 aromatic rings. The van der Waals surface area contributed by atoms with Gasteiger partial charge in [-0.1, -0.05) is 19.9 Å². The number of hydrogen-bond acceptors (Lipinski definition) is 4. The van der Waals surface area contributed by atoms with Crippen molar-refractivity contribution in [1.29, 1.82) is 0 Å². The van der Waals surface area contributed by atoms with Crippen molar-refractivity contribution in [2.24, 2.45) is 16.7 Å². The molecule has 4 atom stereocenters. The van der Waals surface area contributed by atoms with Crippen molar-refractivity contribution >= 4 is 5.91 Å². The molecule has 2 aliphatic carbocycles. The highest BCUT2D eigenvalue weighted by atomic mass is 16.3. The monoisotopic (exact) mass is 387 g/mol. The van der Waals surface area contributed by atoms with Gasteiger partial charge in [0.1, 0.15) is 0 Å². The number of aromatic nitrogens is 1. The Morgan fingerprint density at radius 3 is 2.68 bits per heavy atom. The van der Waals surface area contributed by atoms with Crippen molar-refractivity contribution in [3.8, 4) is 0 Å². The molecule has 4 unspecified atom stereocenters. The first-order valence-corrected chi connectivity index (χ1v) is 10.6. The van der Waals surface area contributed by atoms with Gasteiger partial charge in [0.15, 0.2) is 0 Å². The number of aliphatic hydroxyl groups is 1. The average Bonchev–Trinajstić information content (AvgIpc) is 2.86. The van der Waals surface area contributed by atoms with Crippen molar-refractivity contribution < 1.29 is 9.90 Å². The molecule has 0 saturated heterocycles. The predicted octanol–water partition coefficient (Wildman–Crippen LogP) is 3.38. The predicted molar refractivity (Wildman–Crippen MR) is 112 cm³/mol. The minimum atomic E-state index is -0.588. The molecule has 0 radical (unpaired) electrons. The second kappa shape index (κ2) is 7.75. The van der Waals surface area contributed by atoms with E-state index in [1.807, 2.05) is 19.1 Å². The Kier molecular flexibility index (Phi) is 5.88. The lowest BCUT2D eigenvalue weighted by Gasteiger charge is -2.51.